The number of hydrogen-bond acceptors (Lipinski definition) is 3. The molecule has 2 N–H and O–H groups in total. The van der Waals surface area contributed by atoms with Crippen LogP contribution in [0.5, 0.6) is 0 Å². The van der Waals surface area contributed by atoms with E-state index in [1.807, 2.05) is 0 Å². The molecule has 30 heavy (non-hydrogen) atoms. The second-order valence-electron chi connectivity index (χ2n) is 6.61. The minimum Gasteiger partial charge on any atom is -0.325 e. The number of likely N-dealkylation sites (N-methyl/N-ethyl adjacent to an activating group) is 1. The number of nitrogens with one attached hydrogen (secondary N) is 2. The van der Waals surface area contributed by atoms with Crippen molar-refractivity contribution in [2.24, 2.45) is 0 Å². The molecule has 0 atom stereocenters. The summed E-state index contributed by atoms with van der Waals surface area (Å²) in [6.07, 6.45) is -10.1. The normalized spacial score (nSPS) is 12.0. The molecule has 0 radical (unpaired) electrons. The van der Waals surface area contributed by atoms with Crippen LogP contribution >= 0.6 is 0 Å². The van der Waals surface area contributed by atoms with Crippen LogP contribution in [0.4, 0.5) is 37.7 Å². The lowest BCUT2D eigenvalue weighted by Gasteiger charge is -2.14. The first-order valence-electron chi connectivity index (χ1n) is 8.41. The lowest BCUT2D eigenvalue weighted by molar-refractivity contribution is -0.143. The van der Waals surface area contributed by atoms with Gasteiger partial charge in [-0.15, -0.1) is 0 Å². The van der Waals surface area contributed by atoms with Gasteiger partial charge in [-0.25, -0.2) is 0 Å². The molecule has 0 heterocycles. The van der Waals surface area contributed by atoms with E-state index >= 15 is 0 Å². The SMILES string of the molecule is CN(C)CC(=O)Nc1ccc(NC(=O)c2cc(C(F)(F)F)cc(C(F)(F)F)c2)cc1. The van der Waals surface area contributed by atoms with E-state index in [-0.39, 0.29) is 24.2 Å². The Morgan fingerprint density at radius 1 is 0.800 bits per heavy atom. The Hall–Kier alpha value is -3.08. The number of benzene rings is 2. The molecule has 0 bridgehead atoms. The van der Waals surface area contributed by atoms with Crippen LogP contribution in [-0.4, -0.2) is 37.4 Å². The summed E-state index contributed by atoms with van der Waals surface area (Å²) in [5.74, 6) is -1.43. The highest BCUT2D eigenvalue weighted by Crippen LogP contribution is 2.36. The van der Waals surface area contributed by atoms with E-state index in [9.17, 15) is 35.9 Å². The zero-order chi connectivity index (χ0) is 22.7. The standard InChI is InChI=1S/C19H17F6N3O2/c1-28(2)10-16(29)26-14-3-5-15(6-4-14)27-17(30)11-7-12(18(20,21)22)9-13(8-11)19(23,24)25/h3-9H,10H2,1-2H3,(H,26,29)(H,27,30). The van der Waals surface area contributed by atoms with Crippen molar-refractivity contribution in [1.82, 2.24) is 4.90 Å². The molecule has 5 nitrogen and oxygen atoms in total. The fourth-order valence-corrected chi connectivity index (χ4v) is 2.41. The summed E-state index contributed by atoms with van der Waals surface area (Å²) in [6.45, 7) is 0.134. The van der Waals surface area contributed by atoms with Gasteiger partial charge in [0.2, 0.25) is 5.91 Å². The maximum atomic E-state index is 12.9. The van der Waals surface area contributed by atoms with Crippen molar-refractivity contribution >= 4 is 23.2 Å². The first kappa shape index (κ1) is 23.2. The molecule has 0 unspecified atom stereocenters. The van der Waals surface area contributed by atoms with Crippen molar-refractivity contribution in [3.63, 3.8) is 0 Å². The van der Waals surface area contributed by atoms with Gasteiger partial charge in [-0.1, -0.05) is 0 Å². The van der Waals surface area contributed by atoms with Gasteiger partial charge in [0.25, 0.3) is 5.91 Å². The predicted molar refractivity (Wildman–Crippen MR) is 98.0 cm³/mol. The van der Waals surface area contributed by atoms with Crippen molar-refractivity contribution in [2.75, 3.05) is 31.3 Å². The molecule has 0 aliphatic carbocycles. The van der Waals surface area contributed by atoms with Crippen LogP contribution in [0.1, 0.15) is 21.5 Å². The molecular weight excluding hydrogens is 416 g/mol. The van der Waals surface area contributed by atoms with Crippen LogP contribution in [0.3, 0.4) is 0 Å². The second kappa shape index (κ2) is 8.74. The Morgan fingerprint density at radius 3 is 1.63 bits per heavy atom. The van der Waals surface area contributed by atoms with Crippen LogP contribution in [-0.2, 0) is 17.1 Å². The third-order valence-electron chi connectivity index (χ3n) is 3.74. The van der Waals surface area contributed by atoms with Crippen molar-refractivity contribution in [3.05, 3.63) is 59.2 Å². The number of anilines is 2. The fraction of sp³-hybridized carbons (Fsp3) is 0.263. The lowest BCUT2D eigenvalue weighted by Crippen LogP contribution is -2.27. The average molecular weight is 433 g/mol. The maximum absolute atomic E-state index is 12.9. The number of carbonyl (C=O) groups is 2. The van der Waals surface area contributed by atoms with Crippen LogP contribution in [0.25, 0.3) is 0 Å². The lowest BCUT2D eigenvalue weighted by atomic mass is 10.0. The smallest absolute Gasteiger partial charge is 0.325 e. The number of amides is 2. The molecule has 0 aromatic heterocycles. The van der Waals surface area contributed by atoms with Crippen LogP contribution in [0.2, 0.25) is 0 Å². The third-order valence-corrected chi connectivity index (χ3v) is 3.74. The third kappa shape index (κ3) is 6.48. The largest absolute Gasteiger partial charge is 0.416 e. The predicted octanol–water partition coefficient (Wildman–Crippen LogP) is 4.48. The minimum atomic E-state index is -5.05. The summed E-state index contributed by atoms with van der Waals surface area (Å²) in [4.78, 5) is 25.6. The highest BCUT2D eigenvalue weighted by molar-refractivity contribution is 6.04. The van der Waals surface area contributed by atoms with Crippen molar-refractivity contribution in [2.45, 2.75) is 12.4 Å². The first-order valence-corrected chi connectivity index (χ1v) is 8.41. The highest BCUT2D eigenvalue weighted by atomic mass is 19.4. The van der Waals surface area contributed by atoms with Crippen LogP contribution in [0, 0.1) is 0 Å². The summed E-state index contributed by atoms with van der Waals surface area (Å²) >= 11 is 0. The Labute approximate surface area is 167 Å². The van der Waals surface area contributed by atoms with E-state index in [0.717, 1.165) is 0 Å². The molecule has 162 valence electrons. The number of alkyl halides is 6. The Bertz CT molecular complexity index is 889. The van der Waals surface area contributed by atoms with Gasteiger partial charge in [0.1, 0.15) is 0 Å². The van der Waals surface area contributed by atoms with Crippen molar-refractivity contribution < 1.29 is 35.9 Å². The molecule has 0 aliphatic rings. The zero-order valence-electron chi connectivity index (χ0n) is 15.8. The van der Waals surface area contributed by atoms with E-state index in [0.29, 0.717) is 17.8 Å². The maximum Gasteiger partial charge on any atom is 0.416 e. The molecule has 0 saturated carbocycles. The highest BCUT2D eigenvalue weighted by Gasteiger charge is 2.37. The van der Waals surface area contributed by atoms with Crippen LogP contribution in [0.15, 0.2) is 42.5 Å². The van der Waals surface area contributed by atoms with Gasteiger partial charge in [0.05, 0.1) is 17.7 Å². The summed E-state index contributed by atoms with van der Waals surface area (Å²) in [5, 5.41) is 4.82. The van der Waals surface area contributed by atoms with Gasteiger partial charge in [-0.05, 0) is 56.6 Å². The molecule has 2 aromatic carbocycles. The molecule has 0 spiro atoms. The van der Waals surface area contributed by atoms with Gasteiger partial charge in [-0.3, -0.25) is 9.59 Å². The van der Waals surface area contributed by atoms with Crippen molar-refractivity contribution in [3.8, 4) is 0 Å². The summed E-state index contributed by atoms with van der Waals surface area (Å²) < 4.78 is 77.5. The van der Waals surface area contributed by atoms with Gasteiger partial charge in [0, 0.05) is 16.9 Å². The van der Waals surface area contributed by atoms with E-state index in [1.165, 1.54) is 24.3 Å². The number of halogens is 6. The molecule has 0 fully saturated rings. The number of nitrogens with zero attached hydrogens (tertiary/aromatic N) is 1. The molecule has 0 aliphatic heterocycles. The summed E-state index contributed by atoms with van der Waals surface area (Å²) in [7, 11) is 3.41. The van der Waals surface area contributed by atoms with Crippen LogP contribution < -0.4 is 10.6 Å². The molecular formula is C19H17F6N3O2. The Balaban J connectivity index is 2.20. The monoisotopic (exact) mass is 433 g/mol. The van der Waals surface area contributed by atoms with E-state index in [1.54, 1.807) is 19.0 Å². The van der Waals surface area contributed by atoms with E-state index in [2.05, 4.69) is 10.6 Å². The molecule has 2 aromatic rings. The van der Waals surface area contributed by atoms with Gasteiger partial charge < -0.3 is 15.5 Å². The number of carbonyl (C=O) groups excluding carboxylic acids is 2. The molecule has 0 saturated heterocycles. The quantitative estimate of drug-likeness (QED) is 0.684. The van der Waals surface area contributed by atoms with Crippen molar-refractivity contribution in [1.29, 1.82) is 0 Å². The molecule has 2 rings (SSSR count). The van der Waals surface area contributed by atoms with E-state index in [4.69, 9.17) is 0 Å². The number of rotatable bonds is 5. The summed E-state index contributed by atoms with van der Waals surface area (Å²) in [5.41, 5.74) is -3.43. The minimum absolute atomic E-state index is 0.0536. The first-order chi connectivity index (χ1) is 13.8. The zero-order valence-corrected chi connectivity index (χ0v) is 15.8. The van der Waals surface area contributed by atoms with E-state index < -0.39 is 35.0 Å². The molecule has 2 amide bonds. The molecule has 11 heteroatoms. The van der Waals surface area contributed by atoms with Gasteiger partial charge >= 0.3 is 12.4 Å². The second-order valence-corrected chi connectivity index (χ2v) is 6.61. The Kier molecular flexibility index (Phi) is 6.76. The van der Waals surface area contributed by atoms with Gasteiger partial charge in [0.15, 0.2) is 0 Å². The topological polar surface area (TPSA) is 61.4 Å². The van der Waals surface area contributed by atoms with Gasteiger partial charge in [-0.2, -0.15) is 26.3 Å². The summed E-state index contributed by atoms with van der Waals surface area (Å²) in [6, 6.07) is 6.19. The number of hydrogen-bond donors (Lipinski definition) is 2. The Morgan fingerprint density at radius 2 is 1.23 bits per heavy atom. The fourth-order valence-electron chi connectivity index (χ4n) is 2.41. The average Bonchev–Trinajstić information content (AvgIpc) is 2.60.